The number of fused-ring (bicyclic) bond motifs is 1. The molecule has 94 valence electrons. The van der Waals surface area contributed by atoms with E-state index in [4.69, 9.17) is 11.6 Å². The van der Waals surface area contributed by atoms with E-state index in [0.717, 1.165) is 27.2 Å². The summed E-state index contributed by atoms with van der Waals surface area (Å²) >= 11 is 10.3. The quantitative estimate of drug-likeness (QED) is 0.654. The van der Waals surface area contributed by atoms with Gasteiger partial charge in [0.2, 0.25) is 0 Å². The van der Waals surface area contributed by atoms with Crippen LogP contribution in [-0.4, -0.2) is 4.98 Å². The van der Waals surface area contributed by atoms with Gasteiger partial charge in [0.1, 0.15) is 0 Å². The average Bonchev–Trinajstić information content (AvgIpc) is 2.41. The highest BCUT2D eigenvalue weighted by Crippen LogP contribution is 2.27. The van der Waals surface area contributed by atoms with E-state index in [2.05, 4.69) is 22.9 Å². The Labute approximate surface area is 121 Å². The van der Waals surface area contributed by atoms with E-state index in [1.165, 1.54) is 0 Å². The van der Waals surface area contributed by atoms with Crippen LogP contribution in [0.5, 0.6) is 0 Å². The summed E-state index contributed by atoms with van der Waals surface area (Å²) in [4.78, 5) is 5.26. The van der Waals surface area contributed by atoms with E-state index < -0.39 is 0 Å². The average molecular weight is 287 g/mol. The lowest BCUT2D eigenvalue weighted by atomic mass is 10.2. The molecule has 4 heteroatoms. The van der Waals surface area contributed by atoms with Gasteiger partial charge in [0, 0.05) is 32.9 Å². The first-order chi connectivity index (χ1) is 9.22. The van der Waals surface area contributed by atoms with E-state index >= 15 is 0 Å². The Morgan fingerprint density at radius 2 is 1.79 bits per heavy atom. The zero-order chi connectivity index (χ0) is 13.2. The van der Waals surface area contributed by atoms with Crippen molar-refractivity contribution in [2.24, 2.45) is 0 Å². The number of hydrogen-bond acceptors (Lipinski definition) is 3. The number of thiol groups is 1. The Bertz CT molecular complexity index is 726. The smallest absolute Gasteiger partial charge is 0.0737 e. The van der Waals surface area contributed by atoms with Crippen molar-refractivity contribution >= 4 is 46.5 Å². The lowest BCUT2D eigenvalue weighted by molar-refractivity contribution is 1.40. The van der Waals surface area contributed by atoms with Gasteiger partial charge < -0.3 is 5.32 Å². The first-order valence-corrected chi connectivity index (χ1v) is 6.65. The molecule has 19 heavy (non-hydrogen) atoms. The molecule has 1 aromatic heterocycles. The summed E-state index contributed by atoms with van der Waals surface area (Å²) in [7, 11) is 0. The number of hydrogen-bond donors (Lipinski definition) is 2. The van der Waals surface area contributed by atoms with Crippen molar-refractivity contribution in [3.05, 3.63) is 59.8 Å². The standard InChI is InChI=1S/C15H11ClN2S/c16-10-1-6-13-14(7-8-17-15(13)9-10)18-11-2-4-12(19)5-3-11/h1-9,19H,(H,17,18). The molecule has 0 aliphatic carbocycles. The number of aromatic nitrogens is 1. The predicted octanol–water partition coefficient (Wildman–Crippen LogP) is 4.92. The van der Waals surface area contributed by atoms with Crippen molar-refractivity contribution < 1.29 is 0 Å². The number of pyridine rings is 1. The third-order valence-electron chi connectivity index (χ3n) is 2.85. The van der Waals surface area contributed by atoms with Crippen molar-refractivity contribution in [2.45, 2.75) is 4.90 Å². The maximum absolute atomic E-state index is 5.98. The molecule has 0 aliphatic rings. The second-order valence-electron chi connectivity index (χ2n) is 4.19. The van der Waals surface area contributed by atoms with Crippen LogP contribution in [0.2, 0.25) is 5.02 Å². The van der Waals surface area contributed by atoms with E-state index in [1.54, 1.807) is 6.20 Å². The summed E-state index contributed by atoms with van der Waals surface area (Å²) in [6, 6.07) is 15.5. The Hall–Kier alpha value is -1.71. The van der Waals surface area contributed by atoms with Crippen LogP contribution in [0.4, 0.5) is 11.4 Å². The first kappa shape index (κ1) is 12.3. The minimum absolute atomic E-state index is 0.691. The number of nitrogens with zero attached hydrogens (tertiary/aromatic N) is 1. The zero-order valence-corrected chi connectivity index (χ0v) is 11.6. The number of nitrogens with one attached hydrogen (secondary N) is 1. The third kappa shape index (κ3) is 2.67. The number of halogens is 1. The maximum atomic E-state index is 5.98. The highest BCUT2D eigenvalue weighted by atomic mass is 35.5. The Kier molecular flexibility index (Phi) is 3.32. The molecule has 0 bridgehead atoms. The van der Waals surface area contributed by atoms with Gasteiger partial charge in [-0.1, -0.05) is 11.6 Å². The molecule has 3 rings (SSSR count). The van der Waals surface area contributed by atoms with Crippen LogP contribution in [0.1, 0.15) is 0 Å². The Balaban J connectivity index is 2.03. The van der Waals surface area contributed by atoms with Crippen molar-refractivity contribution in [3.8, 4) is 0 Å². The molecular formula is C15H11ClN2S. The van der Waals surface area contributed by atoms with Gasteiger partial charge in [0.05, 0.1) is 5.52 Å². The normalized spacial score (nSPS) is 10.6. The van der Waals surface area contributed by atoms with Gasteiger partial charge in [-0.3, -0.25) is 4.98 Å². The molecule has 0 saturated carbocycles. The fraction of sp³-hybridized carbons (Fsp3) is 0. The van der Waals surface area contributed by atoms with Crippen LogP contribution < -0.4 is 5.32 Å². The summed E-state index contributed by atoms with van der Waals surface area (Å²) in [6.07, 6.45) is 1.77. The van der Waals surface area contributed by atoms with Crippen LogP contribution >= 0.6 is 24.2 Å². The summed E-state index contributed by atoms with van der Waals surface area (Å²) in [5, 5.41) is 5.11. The summed E-state index contributed by atoms with van der Waals surface area (Å²) in [6.45, 7) is 0. The summed E-state index contributed by atoms with van der Waals surface area (Å²) in [5.74, 6) is 0. The first-order valence-electron chi connectivity index (χ1n) is 5.83. The number of benzene rings is 2. The van der Waals surface area contributed by atoms with Gasteiger partial charge in [0.15, 0.2) is 0 Å². The molecule has 1 heterocycles. The highest BCUT2D eigenvalue weighted by molar-refractivity contribution is 7.80. The molecule has 3 aromatic rings. The van der Waals surface area contributed by atoms with E-state index in [1.807, 2.05) is 48.5 Å². The lowest BCUT2D eigenvalue weighted by Crippen LogP contribution is -1.92. The van der Waals surface area contributed by atoms with Gasteiger partial charge >= 0.3 is 0 Å². The molecule has 2 nitrogen and oxygen atoms in total. The predicted molar refractivity (Wildman–Crippen MR) is 83.7 cm³/mol. The van der Waals surface area contributed by atoms with Gasteiger partial charge in [-0.15, -0.1) is 12.6 Å². The SMILES string of the molecule is Sc1ccc(Nc2ccnc3cc(Cl)ccc23)cc1. The molecule has 0 fully saturated rings. The molecule has 0 unspecified atom stereocenters. The second kappa shape index (κ2) is 5.11. The number of anilines is 2. The van der Waals surface area contributed by atoms with Crippen molar-refractivity contribution in [2.75, 3.05) is 5.32 Å². The Morgan fingerprint density at radius 3 is 2.58 bits per heavy atom. The van der Waals surface area contributed by atoms with E-state index in [9.17, 15) is 0 Å². The number of rotatable bonds is 2. The van der Waals surface area contributed by atoms with Gasteiger partial charge in [-0.05, 0) is 48.5 Å². The van der Waals surface area contributed by atoms with Crippen LogP contribution in [0, 0.1) is 0 Å². The monoisotopic (exact) mass is 286 g/mol. The van der Waals surface area contributed by atoms with Gasteiger partial charge in [-0.2, -0.15) is 0 Å². The fourth-order valence-electron chi connectivity index (χ4n) is 1.93. The van der Waals surface area contributed by atoms with Crippen molar-refractivity contribution in [1.82, 2.24) is 4.98 Å². The second-order valence-corrected chi connectivity index (χ2v) is 5.14. The van der Waals surface area contributed by atoms with Crippen LogP contribution in [0.25, 0.3) is 10.9 Å². The third-order valence-corrected chi connectivity index (χ3v) is 3.38. The molecule has 0 radical (unpaired) electrons. The van der Waals surface area contributed by atoms with Crippen molar-refractivity contribution in [1.29, 1.82) is 0 Å². The minimum Gasteiger partial charge on any atom is -0.355 e. The maximum Gasteiger partial charge on any atom is 0.0737 e. The fourth-order valence-corrected chi connectivity index (χ4v) is 2.25. The van der Waals surface area contributed by atoms with Crippen LogP contribution in [0.3, 0.4) is 0 Å². The lowest BCUT2D eigenvalue weighted by Gasteiger charge is -2.09. The molecule has 0 amide bonds. The molecule has 2 aromatic carbocycles. The van der Waals surface area contributed by atoms with Crippen LogP contribution in [0.15, 0.2) is 59.6 Å². The minimum atomic E-state index is 0.691. The Morgan fingerprint density at radius 1 is 1.00 bits per heavy atom. The molecular weight excluding hydrogens is 276 g/mol. The highest BCUT2D eigenvalue weighted by Gasteiger charge is 2.03. The molecule has 0 saturated heterocycles. The molecule has 1 N–H and O–H groups in total. The van der Waals surface area contributed by atoms with Gasteiger partial charge in [-0.25, -0.2) is 0 Å². The molecule has 0 atom stereocenters. The van der Waals surface area contributed by atoms with Crippen LogP contribution in [-0.2, 0) is 0 Å². The summed E-state index contributed by atoms with van der Waals surface area (Å²) < 4.78 is 0. The van der Waals surface area contributed by atoms with Crippen molar-refractivity contribution in [3.63, 3.8) is 0 Å². The van der Waals surface area contributed by atoms with Gasteiger partial charge in [0.25, 0.3) is 0 Å². The van der Waals surface area contributed by atoms with E-state index in [0.29, 0.717) is 5.02 Å². The molecule has 0 spiro atoms. The zero-order valence-electron chi connectivity index (χ0n) is 9.97. The largest absolute Gasteiger partial charge is 0.355 e. The van der Waals surface area contributed by atoms with E-state index in [-0.39, 0.29) is 0 Å². The summed E-state index contributed by atoms with van der Waals surface area (Å²) in [5.41, 5.74) is 2.90. The topological polar surface area (TPSA) is 24.9 Å². The molecule has 0 aliphatic heterocycles.